The number of carboxylic acid groups (broad SMARTS) is 1. The van der Waals surface area contributed by atoms with Crippen LogP contribution in [0.4, 0.5) is 0 Å². The van der Waals surface area contributed by atoms with Crippen LogP contribution in [-0.2, 0) is 4.79 Å². The Morgan fingerprint density at radius 2 is 2.31 bits per heavy atom. The summed E-state index contributed by atoms with van der Waals surface area (Å²) in [5.41, 5.74) is 0.356. The first kappa shape index (κ1) is 12.8. The number of rotatable bonds is 2. The van der Waals surface area contributed by atoms with Gasteiger partial charge in [0, 0.05) is 12.1 Å². The summed E-state index contributed by atoms with van der Waals surface area (Å²) in [6.07, 6.45) is 1.41. The molecular formula is C7H6ClN2NaO2. The Morgan fingerprint density at radius 1 is 1.69 bits per heavy atom. The van der Waals surface area contributed by atoms with Gasteiger partial charge in [-0.25, -0.2) is 9.97 Å². The van der Waals surface area contributed by atoms with Gasteiger partial charge >= 0.3 is 29.6 Å². The Balaban J connectivity index is 0.00000144. The minimum absolute atomic E-state index is 0. The van der Waals surface area contributed by atoms with Gasteiger partial charge in [0.1, 0.15) is 0 Å². The second kappa shape index (κ2) is 5.54. The van der Waals surface area contributed by atoms with Gasteiger partial charge in [-0.1, -0.05) is 6.92 Å². The van der Waals surface area contributed by atoms with E-state index in [4.69, 9.17) is 11.6 Å². The molecule has 0 saturated carbocycles. The van der Waals surface area contributed by atoms with Gasteiger partial charge in [-0.2, -0.15) is 0 Å². The quantitative estimate of drug-likeness (QED) is 0.384. The summed E-state index contributed by atoms with van der Waals surface area (Å²) in [4.78, 5) is 17.7. The van der Waals surface area contributed by atoms with Gasteiger partial charge in [-0.3, -0.25) is 0 Å². The molecule has 1 rings (SSSR count). The van der Waals surface area contributed by atoms with Crippen molar-refractivity contribution >= 4 is 17.6 Å². The Hall–Kier alpha value is -0.160. The normalized spacial score (nSPS) is 11.5. The minimum atomic E-state index is -1.18. The molecule has 0 N–H and O–H groups in total. The van der Waals surface area contributed by atoms with E-state index in [-0.39, 0.29) is 34.8 Å². The van der Waals surface area contributed by atoms with E-state index in [1.807, 2.05) is 0 Å². The van der Waals surface area contributed by atoms with Crippen LogP contribution in [0.25, 0.3) is 0 Å². The molecule has 0 spiro atoms. The molecule has 0 aliphatic heterocycles. The standard InChI is InChI=1S/C7H7ClN2O2.Na/c1-4(6(11)12)5-2-3-9-7(8)10-5;/h2-4H,1H3,(H,11,12);/q;+1/p-1. The van der Waals surface area contributed by atoms with Gasteiger partial charge in [0.05, 0.1) is 11.7 Å². The number of nitrogens with zero attached hydrogens (tertiary/aromatic N) is 2. The first-order valence-electron chi connectivity index (χ1n) is 3.30. The molecule has 4 nitrogen and oxygen atoms in total. The largest absolute Gasteiger partial charge is 1.00 e. The molecule has 6 heteroatoms. The topological polar surface area (TPSA) is 65.9 Å². The van der Waals surface area contributed by atoms with E-state index >= 15 is 0 Å². The monoisotopic (exact) mass is 208 g/mol. The Kier molecular flexibility index (Phi) is 5.48. The zero-order valence-electron chi connectivity index (χ0n) is 7.32. The van der Waals surface area contributed by atoms with Crippen molar-refractivity contribution in [2.45, 2.75) is 12.8 Å². The van der Waals surface area contributed by atoms with Gasteiger partial charge in [-0.15, -0.1) is 0 Å². The number of aromatic nitrogens is 2. The van der Waals surface area contributed by atoms with E-state index in [1.165, 1.54) is 19.2 Å². The third-order valence-electron chi connectivity index (χ3n) is 1.44. The molecular weight excluding hydrogens is 203 g/mol. The Labute approximate surface area is 103 Å². The van der Waals surface area contributed by atoms with Gasteiger partial charge in [0.25, 0.3) is 0 Å². The third-order valence-corrected chi connectivity index (χ3v) is 1.63. The summed E-state index contributed by atoms with van der Waals surface area (Å²) in [6, 6.07) is 1.49. The van der Waals surface area contributed by atoms with Crippen LogP contribution < -0.4 is 34.7 Å². The molecule has 0 aliphatic carbocycles. The van der Waals surface area contributed by atoms with Gasteiger partial charge in [0.2, 0.25) is 5.28 Å². The number of aliphatic carboxylic acids is 1. The molecule has 64 valence electrons. The van der Waals surface area contributed by atoms with Crippen molar-refractivity contribution in [3.8, 4) is 0 Å². The smallest absolute Gasteiger partial charge is 0.549 e. The van der Waals surface area contributed by atoms with Crippen molar-refractivity contribution < 1.29 is 39.5 Å². The van der Waals surface area contributed by atoms with E-state index < -0.39 is 11.9 Å². The Morgan fingerprint density at radius 3 is 2.77 bits per heavy atom. The van der Waals surface area contributed by atoms with E-state index in [9.17, 15) is 9.90 Å². The van der Waals surface area contributed by atoms with Crippen LogP contribution in [0.1, 0.15) is 18.5 Å². The van der Waals surface area contributed by atoms with Gasteiger partial charge in [0.15, 0.2) is 0 Å². The van der Waals surface area contributed by atoms with Crippen molar-refractivity contribution in [3.05, 3.63) is 23.2 Å². The fourth-order valence-corrected chi connectivity index (χ4v) is 0.864. The first-order chi connectivity index (χ1) is 5.61. The van der Waals surface area contributed by atoms with Crippen LogP contribution in [0, 0.1) is 0 Å². The Bertz CT molecular complexity index is 308. The molecule has 0 aromatic carbocycles. The summed E-state index contributed by atoms with van der Waals surface area (Å²) >= 11 is 5.46. The number of carbonyl (C=O) groups is 1. The molecule has 1 aromatic rings. The summed E-state index contributed by atoms with van der Waals surface area (Å²) in [5.74, 6) is -1.93. The molecule has 0 amide bonds. The molecule has 13 heavy (non-hydrogen) atoms. The second-order valence-corrected chi connectivity index (χ2v) is 2.63. The number of carbonyl (C=O) groups excluding carboxylic acids is 1. The summed E-state index contributed by atoms with van der Waals surface area (Å²) in [7, 11) is 0. The molecule has 0 fully saturated rings. The van der Waals surface area contributed by atoms with Crippen LogP contribution in [0.15, 0.2) is 12.3 Å². The van der Waals surface area contributed by atoms with Crippen molar-refractivity contribution in [2.24, 2.45) is 0 Å². The van der Waals surface area contributed by atoms with Crippen molar-refractivity contribution in [1.82, 2.24) is 9.97 Å². The van der Waals surface area contributed by atoms with Crippen LogP contribution in [-0.4, -0.2) is 15.9 Å². The molecule has 1 atom stereocenters. The second-order valence-electron chi connectivity index (χ2n) is 2.29. The summed E-state index contributed by atoms with van der Waals surface area (Å²) in [5, 5.41) is 10.4. The molecule has 1 aromatic heterocycles. The number of hydrogen-bond acceptors (Lipinski definition) is 4. The maximum atomic E-state index is 10.4. The van der Waals surface area contributed by atoms with Crippen molar-refractivity contribution in [3.63, 3.8) is 0 Å². The zero-order chi connectivity index (χ0) is 9.14. The van der Waals surface area contributed by atoms with Gasteiger partial charge < -0.3 is 9.90 Å². The van der Waals surface area contributed by atoms with Crippen LogP contribution >= 0.6 is 11.6 Å². The van der Waals surface area contributed by atoms with E-state index in [0.29, 0.717) is 5.69 Å². The predicted molar refractivity (Wildman–Crippen MR) is 40.5 cm³/mol. The van der Waals surface area contributed by atoms with Crippen molar-refractivity contribution in [1.29, 1.82) is 0 Å². The first-order valence-corrected chi connectivity index (χ1v) is 3.68. The van der Waals surface area contributed by atoms with Crippen LogP contribution in [0.2, 0.25) is 5.28 Å². The number of carboxylic acids is 1. The fourth-order valence-electron chi connectivity index (χ4n) is 0.710. The predicted octanol–water partition coefficient (Wildman–Crippen LogP) is -3.01. The van der Waals surface area contributed by atoms with Crippen LogP contribution in [0.5, 0.6) is 0 Å². The maximum Gasteiger partial charge on any atom is 1.00 e. The summed E-state index contributed by atoms with van der Waals surface area (Å²) < 4.78 is 0. The van der Waals surface area contributed by atoms with Crippen LogP contribution in [0.3, 0.4) is 0 Å². The summed E-state index contributed by atoms with van der Waals surface area (Å²) in [6.45, 7) is 1.48. The molecule has 0 bridgehead atoms. The molecule has 1 heterocycles. The molecule has 0 radical (unpaired) electrons. The number of hydrogen-bond donors (Lipinski definition) is 0. The maximum absolute atomic E-state index is 10.4. The average molecular weight is 209 g/mol. The zero-order valence-corrected chi connectivity index (χ0v) is 10.1. The molecule has 0 saturated heterocycles. The van der Waals surface area contributed by atoms with Crippen molar-refractivity contribution in [2.75, 3.05) is 0 Å². The SMILES string of the molecule is CC(C(=O)[O-])c1ccnc(Cl)n1.[Na+]. The molecule has 1 unspecified atom stereocenters. The molecule has 0 aliphatic rings. The fraction of sp³-hybridized carbons (Fsp3) is 0.286. The number of halogens is 1. The van der Waals surface area contributed by atoms with E-state index in [1.54, 1.807) is 0 Å². The third kappa shape index (κ3) is 3.60. The average Bonchev–Trinajstić information content (AvgIpc) is 2.03. The van der Waals surface area contributed by atoms with E-state index in [2.05, 4.69) is 9.97 Å². The van der Waals surface area contributed by atoms with E-state index in [0.717, 1.165) is 0 Å². The van der Waals surface area contributed by atoms with Gasteiger partial charge in [-0.05, 0) is 17.7 Å². The minimum Gasteiger partial charge on any atom is -0.549 e.